The zero-order valence-electron chi connectivity index (χ0n) is 11.6. The van der Waals surface area contributed by atoms with Crippen molar-refractivity contribution in [3.05, 3.63) is 29.8 Å². The van der Waals surface area contributed by atoms with Crippen LogP contribution in [-0.4, -0.2) is 24.4 Å². The molecule has 0 aromatic heterocycles. The number of quaternary nitrogens is 1. The fourth-order valence-corrected chi connectivity index (χ4v) is 3.95. The van der Waals surface area contributed by atoms with Gasteiger partial charge in [-0.1, -0.05) is 12.8 Å². The van der Waals surface area contributed by atoms with Gasteiger partial charge in [-0.05, 0) is 37.1 Å². The molecule has 0 bridgehead atoms. The standard InChI is InChI=1S/C16H23NO2/c1-19-13-7-5-12(6-8-13)15-14-4-2-3-9-16(14,18)10-11-17-15/h5-8,14-15,17-18H,2-4,9-11H2,1H3/p+1/t14-,15+,16-/m0/s1. The van der Waals surface area contributed by atoms with Crippen LogP contribution in [0.4, 0.5) is 0 Å². The lowest BCUT2D eigenvalue weighted by molar-refractivity contribution is -0.719. The average Bonchev–Trinajstić information content (AvgIpc) is 2.46. The minimum Gasteiger partial charge on any atom is -0.497 e. The van der Waals surface area contributed by atoms with Gasteiger partial charge in [-0.25, -0.2) is 0 Å². The van der Waals surface area contributed by atoms with E-state index in [0.29, 0.717) is 12.0 Å². The lowest BCUT2D eigenvalue weighted by Gasteiger charge is -2.46. The summed E-state index contributed by atoms with van der Waals surface area (Å²) >= 11 is 0. The van der Waals surface area contributed by atoms with Crippen LogP contribution in [0.1, 0.15) is 43.7 Å². The molecule has 0 spiro atoms. The quantitative estimate of drug-likeness (QED) is 0.851. The predicted molar refractivity (Wildman–Crippen MR) is 74.1 cm³/mol. The lowest BCUT2D eigenvalue weighted by atomic mass is 9.67. The van der Waals surface area contributed by atoms with Crippen molar-refractivity contribution >= 4 is 0 Å². The third kappa shape index (κ3) is 2.37. The van der Waals surface area contributed by atoms with E-state index < -0.39 is 5.60 Å². The highest BCUT2D eigenvalue weighted by molar-refractivity contribution is 5.29. The Labute approximate surface area is 115 Å². The number of benzene rings is 1. The smallest absolute Gasteiger partial charge is 0.118 e. The van der Waals surface area contributed by atoms with E-state index in [2.05, 4.69) is 17.4 Å². The molecular formula is C16H24NO2+. The van der Waals surface area contributed by atoms with E-state index in [-0.39, 0.29) is 0 Å². The van der Waals surface area contributed by atoms with Gasteiger partial charge in [-0.3, -0.25) is 0 Å². The molecule has 2 aliphatic rings. The fraction of sp³-hybridized carbons (Fsp3) is 0.625. The molecule has 3 nitrogen and oxygen atoms in total. The summed E-state index contributed by atoms with van der Waals surface area (Å²) < 4.78 is 5.22. The van der Waals surface area contributed by atoms with Crippen LogP contribution in [0.2, 0.25) is 0 Å². The highest BCUT2D eigenvalue weighted by atomic mass is 16.5. The number of piperidine rings is 1. The van der Waals surface area contributed by atoms with E-state index in [1.807, 2.05) is 12.1 Å². The maximum Gasteiger partial charge on any atom is 0.118 e. The summed E-state index contributed by atoms with van der Waals surface area (Å²) in [5, 5.41) is 13.3. The summed E-state index contributed by atoms with van der Waals surface area (Å²) in [5.74, 6) is 1.31. The van der Waals surface area contributed by atoms with Crippen molar-refractivity contribution in [2.75, 3.05) is 13.7 Å². The first-order chi connectivity index (χ1) is 9.23. The molecule has 1 saturated heterocycles. The van der Waals surface area contributed by atoms with Gasteiger partial charge in [-0.15, -0.1) is 0 Å². The molecule has 1 aromatic rings. The molecule has 1 aromatic carbocycles. The van der Waals surface area contributed by atoms with Gasteiger partial charge >= 0.3 is 0 Å². The van der Waals surface area contributed by atoms with Gasteiger partial charge in [0.15, 0.2) is 0 Å². The first-order valence-corrected chi connectivity index (χ1v) is 7.42. The van der Waals surface area contributed by atoms with Crippen LogP contribution < -0.4 is 10.1 Å². The largest absolute Gasteiger partial charge is 0.497 e. The van der Waals surface area contributed by atoms with Crippen molar-refractivity contribution in [1.29, 1.82) is 0 Å². The minimum absolute atomic E-state index is 0.406. The molecule has 3 N–H and O–H groups in total. The van der Waals surface area contributed by atoms with Gasteiger partial charge < -0.3 is 15.2 Å². The average molecular weight is 262 g/mol. The second-order valence-corrected chi connectivity index (χ2v) is 6.03. The molecule has 3 atom stereocenters. The maximum absolute atomic E-state index is 10.9. The molecule has 0 unspecified atom stereocenters. The molecule has 0 amide bonds. The zero-order chi connectivity index (χ0) is 13.3. The maximum atomic E-state index is 10.9. The van der Waals surface area contributed by atoms with Crippen LogP contribution in [0.25, 0.3) is 0 Å². The van der Waals surface area contributed by atoms with E-state index in [1.54, 1.807) is 7.11 Å². The zero-order valence-corrected chi connectivity index (χ0v) is 11.6. The SMILES string of the molecule is COc1ccc([C@H]2[NH2+]CC[C@@]3(O)CCCC[C@@H]23)cc1. The second kappa shape index (κ2) is 5.14. The van der Waals surface area contributed by atoms with Gasteiger partial charge in [0.25, 0.3) is 0 Å². The predicted octanol–water partition coefficient (Wildman–Crippen LogP) is 1.62. The molecule has 1 aliphatic carbocycles. The fourth-order valence-electron chi connectivity index (χ4n) is 3.95. The highest BCUT2D eigenvalue weighted by Gasteiger charge is 2.48. The van der Waals surface area contributed by atoms with Gasteiger partial charge in [-0.2, -0.15) is 0 Å². The Morgan fingerprint density at radius 2 is 2.00 bits per heavy atom. The first-order valence-electron chi connectivity index (χ1n) is 7.42. The van der Waals surface area contributed by atoms with E-state index in [0.717, 1.165) is 31.6 Å². The van der Waals surface area contributed by atoms with E-state index in [9.17, 15) is 5.11 Å². The first kappa shape index (κ1) is 12.9. The van der Waals surface area contributed by atoms with Crippen LogP contribution in [-0.2, 0) is 0 Å². The number of methoxy groups -OCH3 is 1. The number of ether oxygens (including phenoxy) is 1. The Hall–Kier alpha value is -1.06. The lowest BCUT2D eigenvalue weighted by Crippen LogP contribution is -2.91. The normalized spacial score (nSPS) is 34.6. The van der Waals surface area contributed by atoms with Crippen molar-refractivity contribution < 1.29 is 15.2 Å². The number of aliphatic hydroxyl groups is 1. The third-order valence-electron chi connectivity index (χ3n) is 5.00. The Balaban J connectivity index is 1.85. The molecule has 1 heterocycles. The summed E-state index contributed by atoms with van der Waals surface area (Å²) in [6.45, 7) is 1.03. The van der Waals surface area contributed by atoms with Crippen molar-refractivity contribution in [3.8, 4) is 5.75 Å². The molecule has 19 heavy (non-hydrogen) atoms. The molecule has 104 valence electrons. The molecule has 1 saturated carbocycles. The molecule has 0 radical (unpaired) electrons. The van der Waals surface area contributed by atoms with Gasteiger partial charge in [0.1, 0.15) is 11.8 Å². The van der Waals surface area contributed by atoms with Gasteiger partial charge in [0.05, 0.1) is 19.3 Å². The molecule has 3 rings (SSSR count). The van der Waals surface area contributed by atoms with Crippen LogP contribution in [0, 0.1) is 5.92 Å². The Bertz CT molecular complexity index is 427. The topological polar surface area (TPSA) is 46.1 Å². The van der Waals surface area contributed by atoms with E-state index >= 15 is 0 Å². The van der Waals surface area contributed by atoms with Gasteiger partial charge in [0.2, 0.25) is 0 Å². The Morgan fingerprint density at radius 1 is 1.21 bits per heavy atom. The monoisotopic (exact) mass is 262 g/mol. The third-order valence-corrected chi connectivity index (χ3v) is 5.00. The minimum atomic E-state index is -0.419. The molecule has 3 heteroatoms. The molecule has 2 fully saturated rings. The van der Waals surface area contributed by atoms with Crippen LogP contribution >= 0.6 is 0 Å². The van der Waals surface area contributed by atoms with E-state index in [4.69, 9.17) is 4.74 Å². The highest BCUT2D eigenvalue weighted by Crippen LogP contribution is 2.43. The Kier molecular flexibility index (Phi) is 3.50. The summed E-state index contributed by atoms with van der Waals surface area (Å²) in [4.78, 5) is 0. The summed E-state index contributed by atoms with van der Waals surface area (Å²) in [6.07, 6.45) is 5.53. The van der Waals surface area contributed by atoms with Crippen molar-refractivity contribution in [2.24, 2.45) is 5.92 Å². The van der Waals surface area contributed by atoms with E-state index in [1.165, 1.54) is 18.4 Å². The number of hydrogen-bond donors (Lipinski definition) is 2. The summed E-state index contributed by atoms with van der Waals surface area (Å²) in [5.41, 5.74) is 0.906. The summed E-state index contributed by atoms with van der Waals surface area (Å²) in [7, 11) is 1.70. The number of fused-ring (bicyclic) bond motifs is 1. The van der Waals surface area contributed by atoms with Gasteiger partial charge in [0, 0.05) is 17.9 Å². The van der Waals surface area contributed by atoms with Crippen molar-refractivity contribution in [3.63, 3.8) is 0 Å². The number of rotatable bonds is 2. The summed E-state index contributed by atoms with van der Waals surface area (Å²) in [6, 6.07) is 8.77. The Morgan fingerprint density at radius 3 is 2.74 bits per heavy atom. The molecular weight excluding hydrogens is 238 g/mol. The number of nitrogens with two attached hydrogens (primary N) is 1. The van der Waals surface area contributed by atoms with Crippen LogP contribution in [0.3, 0.4) is 0 Å². The van der Waals surface area contributed by atoms with Crippen molar-refractivity contribution in [1.82, 2.24) is 0 Å². The van der Waals surface area contributed by atoms with Crippen molar-refractivity contribution in [2.45, 2.75) is 43.7 Å². The van der Waals surface area contributed by atoms with Crippen LogP contribution in [0.15, 0.2) is 24.3 Å². The second-order valence-electron chi connectivity index (χ2n) is 6.03. The molecule has 1 aliphatic heterocycles. The number of hydrogen-bond acceptors (Lipinski definition) is 2. The van der Waals surface area contributed by atoms with Crippen LogP contribution in [0.5, 0.6) is 5.75 Å².